The standard InChI is InChI=1S/C20H12N2O3/c21-9-13-19(22)25-15-8-7-14(23)17(15)20(13)12-6-2-4-10-3-1-5-11(16(10)12)18(20)24/h1-6H,7-8,22H2. The molecule has 0 saturated heterocycles. The predicted molar refractivity (Wildman–Crippen MR) is 89.1 cm³/mol. The van der Waals surface area contributed by atoms with Gasteiger partial charge in [-0.25, -0.2) is 0 Å². The van der Waals surface area contributed by atoms with Crippen LogP contribution in [0.4, 0.5) is 0 Å². The Kier molecular flexibility index (Phi) is 2.44. The Balaban J connectivity index is 2.00. The summed E-state index contributed by atoms with van der Waals surface area (Å²) < 4.78 is 5.56. The predicted octanol–water partition coefficient (Wildman–Crippen LogP) is 2.61. The summed E-state index contributed by atoms with van der Waals surface area (Å²) in [6.07, 6.45) is 0.660. The number of hydrogen-bond acceptors (Lipinski definition) is 5. The van der Waals surface area contributed by atoms with Crippen LogP contribution in [0.5, 0.6) is 0 Å². The summed E-state index contributed by atoms with van der Waals surface area (Å²) in [6.45, 7) is 0. The lowest BCUT2D eigenvalue weighted by Crippen LogP contribution is -2.42. The molecule has 1 aliphatic heterocycles. The molecule has 0 aromatic heterocycles. The number of benzene rings is 2. The first-order chi connectivity index (χ1) is 12.1. The summed E-state index contributed by atoms with van der Waals surface area (Å²) in [5.74, 6) is -0.105. The van der Waals surface area contributed by atoms with E-state index in [1.807, 2.05) is 30.3 Å². The van der Waals surface area contributed by atoms with E-state index in [0.717, 1.165) is 10.8 Å². The van der Waals surface area contributed by atoms with Crippen molar-refractivity contribution in [2.45, 2.75) is 18.3 Å². The van der Waals surface area contributed by atoms with Crippen molar-refractivity contribution in [1.82, 2.24) is 0 Å². The first kappa shape index (κ1) is 14.0. The summed E-state index contributed by atoms with van der Waals surface area (Å²) >= 11 is 0. The van der Waals surface area contributed by atoms with E-state index in [9.17, 15) is 14.9 Å². The number of hydrogen-bond donors (Lipinski definition) is 1. The number of ether oxygens (including phenoxy) is 1. The van der Waals surface area contributed by atoms with Crippen LogP contribution in [0.3, 0.4) is 0 Å². The lowest BCUT2D eigenvalue weighted by Gasteiger charge is -2.34. The van der Waals surface area contributed by atoms with E-state index in [1.165, 1.54) is 0 Å². The van der Waals surface area contributed by atoms with Gasteiger partial charge in [-0.3, -0.25) is 9.59 Å². The summed E-state index contributed by atoms with van der Waals surface area (Å²) in [7, 11) is 0. The number of nitrogens with two attached hydrogens (primary N) is 1. The molecule has 0 saturated carbocycles. The fraction of sp³-hybridized carbons (Fsp3) is 0.150. The van der Waals surface area contributed by atoms with Crippen LogP contribution in [0, 0.1) is 11.3 Å². The number of allylic oxidation sites excluding steroid dienone is 3. The number of carbonyl (C=O) groups excluding carboxylic acids is 2. The third-order valence-electron chi connectivity index (χ3n) is 5.37. The number of Topliss-reactive ketones (excluding diaryl/α,β-unsaturated/α-hetero) is 2. The van der Waals surface area contributed by atoms with Crippen LogP contribution in [0.2, 0.25) is 0 Å². The fourth-order valence-corrected chi connectivity index (χ4v) is 4.45. The van der Waals surface area contributed by atoms with E-state index in [4.69, 9.17) is 10.5 Å². The fourth-order valence-electron chi connectivity index (χ4n) is 4.45. The van der Waals surface area contributed by atoms with Gasteiger partial charge in [0, 0.05) is 18.4 Å². The van der Waals surface area contributed by atoms with E-state index in [1.54, 1.807) is 6.07 Å². The van der Waals surface area contributed by atoms with E-state index in [-0.39, 0.29) is 35.0 Å². The molecule has 1 spiro atoms. The zero-order valence-electron chi connectivity index (χ0n) is 13.1. The molecular weight excluding hydrogens is 316 g/mol. The highest BCUT2D eigenvalue weighted by atomic mass is 16.5. The summed E-state index contributed by atoms with van der Waals surface area (Å²) in [4.78, 5) is 26.3. The molecule has 0 fully saturated rings. The molecule has 0 bridgehead atoms. The highest BCUT2D eigenvalue weighted by molar-refractivity contribution is 6.27. The van der Waals surface area contributed by atoms with E-state index in [2.05, 4.69) is 6.07 Å². The molecule has 25 heavy (non-hydrogen) atoms. The summed E-state index contributed by atoms with van der Waals surface area (Å²) in [5.41, 5.74) is 6.00. The molecule has 5 nitrogen and oxygen atoms in total. The summed E-state index contributed by atoms with van der Waals surface area (Å²) in [6, 6.07) is 13.1. The van der Waals surface area contributed by atoms with Gasteiger partial charge in [0.25, 0.3) is 0 Å². The molecular formula is C20H12N2O3. The van der Waals surface area contributed by atoms with Crippen LogP contribution in [-0.4, -0.2) is 11.6 Å². The van der Waals surface area contributed by atoms with Crippen LogP contribution in [0.25, 0.3) is 10.8 Å². The van der Waals surface area contributed by atoms with Crippen molar-refractivity contribution < 1.29 is 14.3 Å². The van der Waals surface area contributed by atoms with Crippen LogP contribution >= 0.6 is 0 Å². The minimum Gasteiger partial charge on any atom is -0.444 e. The van der Waals surface area contributed by atoms with Crippen molar-refractivity contribution in [2.24, 2.45) is 5.73 Å². The topological polar surface area (TPSA) is 93.2 Å². The molecule has 2 aromatic rings. The maximum absolute atomic E-state index is 13.6. The number of carbonyl (C=O) groups is 2. The molecule has 120 valence electrons. The van der Waals surface area contributed by atoms with Crippen molar-refractivity contribution in [3.63, 3.8) is 0 Å². The van der Waals surface area contributed by atoms with E-state index < -0.39 is 5.41 Å². The normalized spacial score (nSPS) is 24.1. The zero-order chi connectivity index (χ0) is 17.3. The first-order valence-corrected chi connectivity index (χ1v) is 8.02. The maximum atomic E-state index is 13.6. The lowest BCUT2D eigenvalue weighted by molar-refractivity contribution is -0.115. The van der Waals surface area contributed by atoms with Gasteiger partial charge in [-0.2, -0.15) is 5.26 Å². The highest BCUT2D eigenvalue weighted by Gasteiger charge is 2.60. The van der Waals surface area contributed by atoms with Gasteiger partial charge in [0.2, 0.25) is 5.88 Å². The highest BCUT2D eigenvalue weighted by Crippen LogP contribution is 2.56. The van der Waals surface area contributed by atoms with Crippen molar-refractivity contribution in [3.8, 4) is 6.07 Å². The minimum atomic E-state index is -1.47. The van der Waals surface area contributed by atoms with Crippen molar-refractivity contribution in [1.29, 1.82) is 5.26 Å². The van der Waals surface area contributed by atoms with Gasteiger partial charge in [-0.05, 0) is 16.3 Å². The molecule has 1 heterocycles. The molecule has 1 atom stereocenters. The second-order valence-corrected chi connectivity index (χ2v) is 6.46. The molecule has 3 aliphatic rings. The Morgan fingerprint density at radius 3 is 2.64 bits per heavy atom. The zero-order valence-corrected chi connectivity index (χ0v) is 13.1. The van der Waals surface area contributed by atoms with Gasteiger partial charge < -0.3 is 10.5 Å². The smallest absolute Gasteiger partial charge is 0.205 e. The van der Waals surface area contributed by atoms with Gasteiger partial charge in [0.15, 0.2) is 11.6 Å². The van der Waals surface area contributed by atoms with Gasteiger partial charge in [-0.1, -0.05) is 36.4 Å². The maximum Gasteiger partial charge on any atom is 0.205 e. The Morgan fingerprint density at radius 1 is 1.12 bits per heavy atom. The van der Waals surface area contributed by atoms with Gasteiger partial charge in [0.05, 0.1) is 5.57 Å². The average molecular weight is 328 g/mol. The van der Waals surface area contributed by atoms with Crippen molar-refractivity contribution >= 4 is 22.3 Å². The number of ketones is 2. The van der Waals surface area contributed by atoms with Crippen LogP contribution < -0.4 is 5.73 Å². The van der Waals surface area contributed by atoms with E-state index >= 15 is 0 Å². The van der Waals surface area contributed by atoms with E-state index in [0.29, 0.717) is 23.3 Å². The molecule has 5 heteroatoms. The molecule has 0 radical (unpaired) electrons. The van der Waals surface area contributed by atoms with Gasteiger partial charge in [0.1, 0.15) is 22.8 Å². The van der Waals surface area contributed by atoms with Crippen LogP contribution in [0.1, 0.15) is 28.8 Å². The number of rotatable bonds is 0. The Morgan fingerprint density at radius 2 is 1.88 bits per heavy atom. The number of nitriles is 1. The molecule has 2 aliphatic carbocycles. The molecule has 0 amide bonds. The average Bonchev–Trinajstić information content (AvgIpc) is 3.09. The van der Waals surface area contributed by atoms with Gasteiger partial charge in [-0.15, -0.1) is 0 Å². The van der Waals surface area contributed by atoms with Crippen molar-refractivity contribution in [3.05, 3.63) is 70.3 Å². The van der Waals surface area contributed by atoms with Crippen LogP contribution in [0.15, 0.2) is 59.2 Å². The molecule has 5 rings (SSSR count). The molecule has 2 aromatic carbocycles. The molecule has 2 N–H and O–H groups in total. The monoisotopic (exact) mass is 328 g/mol. The lowest BCUT2D eigenvalue weighted by atomic mass is 9.67. The second kappa shape index (κ2) is 4.37. The number of fused-ring (bicyclic) bond motifs is 2. The molecule has 1 unspecified atom stereocenters. The Labute approximate surface area is 143 Å². The Hall–Kier alpha value is -3.39. The first-order valence-electron chi connectivity index (χ1n) is 8.02. The third-order valence-corrected chi connectivity index (χ3v) is 5.37. The SMILES string of the molecule is N#CC1=C(N)OC2=C(C(=O)CC2)C12C(=O)c1cccc3cccc2c13. The Bertz CT molecular complexity index is 1130. The number of nitrogens with zero attached hydrogens (tertiary/aromatic N) is 1. The third kappa shape index (κ3) is 1.39. The second-order valence-electron chi connectivity index (χ2n) is 6.46. The quantitative estimate of drug-likeness (QED) is 0.802. The van der Waals surface area contributed by atoms with Gasteiger partial charge >= 0.3 is 0 Å². The minimum absolute atomic E-state index is 0.00944. The van der Waals surface area contributed by atoms with Crippen molar-refractivity contribution in [2.75, 3.05) is 0 Å². The summed E-state index contributed by atoms with van der Waals surface area (Å²) in [5, 5.41) is 11.5. The largest absolute Gasteiger partial charge is 0.444 e. The van der Waals surface area contributed by atoms with Crippen LogP contribution in [-0.2, 0) is 14.9 Å².